The van der Waals surface area contributed by atoms with Gasteiger partial charge < -0.3 is 28.1 Å². The molecule has 0 spiro atoms. The maximum Gasteiger partial charge on any atom is 0.159 e. The number of aromatic nitrogens is 1. The lowest BCUT2D eigenvalue weighted by molar-refractivity contribution is 0.669. The Hall–Kier alpha value is -18.6. The highest BCUT2D eigenvalue weighted by atomic mass is 16.3. The van der Waals surface area contributed by atoms with Gasteiger partial charge in [0.05, 0.1) is 33.8 Å². The molecule has 3 heterocycles. The average molecular weight is 1810 g/mol. The fraction of sp³-hybridized carbons (Fsp3) is 0.0147. The van der Waals surface area contributed by atoms with Crippen molar-refractivity contribution in [3.63, 3.8) is 0 Å². The maximum atomic E-state index is 6.69. The summed E-state index contributed by atoms with van der Waals surface area (Å²) in [6.07, 6.45) is 0. The molecule has 0 atom stereocenters. The number of hydrogen-bond donors (Lipinski definition) is 0. The summed E-state index contributed by atoms with van der Waals surface area (Å²) in [7, 11) is 0. The largest absolute Gasteiger partial charge is 0.454 e. The molecule has 25 aromatic carbocycles. The molecule has 6 heteroatoms. The normalized spacial score (nSPS) is 11.6. The van der Waals surface area contributed by atoms with Crippen LogP contribution in [-0.4, -0.2) is 4.57 Å². The molecule has 28 rings (SSSR count). The Morgan fingerprint density at radius 2 is 0.528 bits per heavy atom. The monoisotopic (exact) mass is 1810 g/mol. The molecular weight excluding hydrogens is 1720 g/mol. The van der Waals surface area contributed by atoms with Crippen LogP contribution < -0.4 is 14.7 Å². The van der Waals surface area contributed by atoms with Crippen molar-refractivity contribution in [1.82, 2.24) is 4.57 Å². The van der Waals surface area contributed by atoms with E-state index in [-0.39, 0.29) is 0 Å². The molecule has 0 aliphatic carbocycles. The molecule has 0 saturated carbocycles. The number of benzene rings is 25. The number of anilines is 9. The van der Waals surface area contributed by atoms with Gasteiger partial charge in [-0.2, -0.15) is 0 Å². The van der Waals surface area contributed by atoms with Gasteiger partial charge >= 0.3 is 0 Å². The van der Waals surface area contributed by atoms with Gasteiger partial charge in [0.15, 0.2) is 11.2 Å². The lowest BCUT2D eigenvalue weighted by Gasteiger charge is -2.29. The van der Waals surface area contributed by atoms with Gasteiger partial charge in [0.25, 0.3) is 0 Å². The van der Waals surface area contributed by atoms with E-state index in [1.807, 2.05) is 12.1 Å². The Bertz CT molecular complexity index is 9260. The summed E-state index contributed by atoms with van der Waals surface area (Å²) in [5.74, 6) is 0. The van der Waals surface area contributed by atoms with Gasteiger partial charge in [0.2, 0.25) is 0 Å². The number of para-hydroxylation sites is 6. The zero-order chi connectivity index (χ0) is 94.2. The smallest absolute Gasteiger partial charge is 0.159 e. The highest BCUT2D eigenvalue weighted by Gasteiger charge is 2.28. The van der Waals surface area contributed by atoms with Gasteiger partial charge in [-0.15, -0.1) is 0 Å². The minimum Gasteiger partial charge on any atom is -0.454 e. The van der Waals surface area contributed by atoms with E-state index in [1.54, 1.807) is 0 Å². The van der Waals surface area contributed by atoms with Crippen LogP contribution in [0.25, 0.3) is 202 Å². The molecule has 0 fully saturated rings. The SMILES string of the molecule is Cc1cccc(N(c2ccc3ccc4c(N(c5cccc(C)c5)c5cccc6c5oc5ccccc56)ccc5ccc2c3c54)c2cccc3c2oc2ccccc23)c1.c1ccc(-c2ccc(N(c3ccc(-c4ccccc4)cc3)c3ccc(-c4ccc(-n5c6ccccc6c6ccccc65)cc4)cc3)cc2)cc1.c1ccc2cc(-c3c4ccccc4c(-c4cccc5ccccc45)c4ccccc34)ccc2c1. The number of nitrogens with zero attached hydrogens (tertiary/aromatic N) is 4. The first-order valence-corrected chi connectivity index (χ1v) is 48.7. The van der Waals surface area contributed by atoms with E-state index in [0.717, 1.165) is 101 Å². The summed E-state index contributed by atoms with van der Waals surface area (Å²) in [6, 6.07) is 188. The summed E-state index contributed by atoms with van der Waals surface area (Å²) in [5.41, 5.74) is 31.5. The van der Waals surface area contributed by atoms with Crippen LogP contribution in [0.4, 0.5) is 51.2 Å². The number of furan rings is 2. The van der Waals surface area contributed by atoms with Crippen molar-refractivity contribution in [2.24, 2.45) is 0 Å². The van der Waals surface area contributed by atoms with Crippen LogP contribution >= 0.6 is 0 Å². The fourth-order valence-corrected chi connectivity index (χ4v) is 22.0. The molecule has 0 aliphatic rings. The van der Waals surface area contributed by atoms with Crippen molar-refractivity contribution >= 4 is 192 Å². The molecule has 0 aliphatic heterocycles. The van der Waals surface area contributed by atoms with Gasteiger partial charge in [-0.25, -0.2) is 0 Å². The lowest BCUT2D eigenvalue weighted by Crippen LogP contribution is -2.12. The van der Waals surface area contributed by atoms with Crippen molar-refractivity contribution in [1.29, 1.82) is 0 Å². The van der Waals surface area contributed by atoms with Gasteiger partial charge in [-0.1, -0.05) is 394 Å². The number of hydrogen-bond acceptors (Lipinski definition) is 5. The number of aryl methyl sites for hydroxylation is 2. The quantitative estimate of drug-likeness (QED) is 0.0756. The first kappa shape index (κ1) is 83.9. The van der Waals surface area contributed by atoms with E-state index in [2.05, 4.69) is 543 Å². The standard InChI is InChI=1S/C54H36N2O2.C48H34N2.C34H22/c1-33-11-7-13-37(31-33)55(47-19-9-17-41-39-15-3-5-21-49(39)57-53(41)47)45-29-25-35-24-28-44-46(30-26-36-23-27-43(45)51(35)52(36)44)56(38-14-8-12-34(2)32-38)48-20-10-18-42-40-16-4-6-22-50(40)58-54(42)48;1-3-11-35(12-4-1)37-19-27-41(28-20-37)49(42-29-21-38(22-30-42)36-13-5-2-6-14-36)43-31-23-39(24-32-43)40-25-33-44(34-26-40)50-47-17-9-7-15-45(47)46-16-8-10-18-48(46)50;1-2-12-25-22-26(21-20-23(25)10-1)33-29-15-5-7-17-31(29)34(32-18-8-6-16-30(32)33)28-19-9-13-24-11-3-4-14-27(24)28/h3-32H,1-2H3;1-34H;1-22H. The Labute approximate surface area is 822 Å². The van der Waals surface area contributed by atoms with Gasteiger partial charge in [-0.3, -0.25) is 0 Å². The van der Waals surface area contributed by atoms with Crippen LogP contribution in [0.3, 0.4) is 0 Å². The molecule has 668 valence electrons. The number of fused-ring (bicyclic) bond motifs is 13. The van der Waals surface area contributed by atoms with Gasteiger partial charge in [0.1, 0.15) is 11.2 Å². The second kappa shape index (κ2) is 35.5. The summed E-state index contributed by atoms with van der Waals surface area (Å²) < 4.78 is 15.7. The van der Waals surface area contributed by atoms with E-state index in [0.29, 0.717) is 0 Å². The van der Waals surface area contributed by atoms with Crippen LogP contribution in [0, 0.1) is 13.8 Å². The van der Waals surface area contributed by atoms with Crippen molar-refractivity contribution in [2.75, 3.05) is 14.7 Å². The summed E-state index contributed by atoms with van der Waals surface area (Å²) in [4.78, 5) is 7.09. The molecule has 28 aromatic rings. The fourth-order valence-electron chi connectivity index (χ4n) is 22.0. The first-order chi connectivity index (χ1) is 70.3. The van der Waals surface area contributed by atoms with Crippen LogP contribution in [0.5, 0.6) is 0 Å². The molecule has 3 aromatic heterocycles. The molecule has 0 radical (unpaired) electrons. The van der Waals surface area contributed by atoms with E-state index in [1.165, 1.54) is 164 Å². The Balaban J connectivity index is 0.000000113. The number of rotatable bonds is 15. The average Bonchev–Trinajstić information content (AvgIpc) is 0.894. The van der Waals surface area contributed by atoms with E-state index < -0.39 is 0 Å². The van der Waals surface area contributed by atoms with Crippen LogP contribution in [0.1, 0.15) is 11.1 Å². The molecule has 0 amide bonds. The highest BCUT2D eigenvalue weighted by Crippen LogP contribution is 2.53. The first-order valence-electron chi connectivity index (χ1n) is 48.7. The van der Waals surface area contributed by atoms with Crippen molar-refractivity contribution in [3.8, 4) is 61.3 Å². The minimum atomic E-state index is 0.867. The van der Waals surface area contributed by atoms with Crippen LogP contribution in [0.15, 0.2) is 531 Å². The molecule has 142 heavy (non-hydrogen) atoms. The second-order valence-electron chi connectivity index (χ2n) is 37.0. The van der Waals surface area contributed by atoms with E-state index >= 15 is 0 Å². The third kappa shape index (κ3) is 14.8. The predicted molar refractivity (Wildman–Crippen MR) is 603 cm³/mol. The van der Waals surface area contributed by atoms with E-state index in [9.17, 15) is 0 Å². The zero-order valence-electron chi connectivity index (χ0n) is 78.3. The molecule has 0 saturated heterocycles. The molecule has 0 bridgehead atoms. The zero-order valence-corrected chi connectivity index (χ0v) is 78.3. The van der Waals surface area contributed by atoms with Gasteiger partial charge in [-0.05, 0) is 273 Å². The minimum absolute atomic E-state index is 0.867. The molecule has 0 N–H and O–H groups in total. The van der Waals surface area contributed by atoms with Crippen LogP contribution in [0.2, 0.25) is 0 Å². The van der Waals surface area contributed by atoms with Crippen molar-refractivity contribution < 1.29 is 8.83 Å². The van der Waals surface area contributed by atoms with Crippen molar-refractivity contribution in [3.05, 3.63) is 533 Å². The molecular formula is C136H92N4O2. The van der Waals surface area contributed by atoms with Crippen molar-refractivity contribution in [2.45, 2.75) is 13.8 Å². The summed E-state index contributed by atoms with van der Waals surface area (Å²) in [6.45, 7) is 4.31. The Morgan fingerprint density at radius 1 is 0.183 bits per heavy atom. The van der Waals surface area contributed by atoms with E-state index in [4.69, 9.17) is 8.83 Å². The molecule has 6 nitrogen and oxygen atoms in total. The molecule has 0 unspecified atom stereocenters. The summed E-state index contributed by atoms with van der Waals surface area (Å²) in [5, 5.41) is 24.4. The predicted octanol–water partition coefficient (Wildman–Crippen LogP) is 38.8. The lowest BCUT2D eigenvalue weighted by atomic mass is 9.84. The summed E-state index contributed by atoms with van der Waals surface area (Å²) >= 11 is 0. The third-order valence-corrected chi connectivity index (χ3v) is 28.5. The highest BCUT2D eigenvalue weighted by molar-refractivity contribution is 6.30. The Morgan fingerprint density at radius 3 is 1.00 bits per heavy atom. The van der Waals surface area contributed by atoms with Crippen LogP contribution in [-0.2, 0) is 0 Å². The second-order valence-corrected chi connectivity index (χ2v) is 37.0. The van der Waals surface area contributed by atoms with Gasteiger partial charge in [0, 0.05) is 77.2 Å². The third-order valence-electron chi connectivity index (χ3n) is 28.5. The Kier molecular flexibility index (Phi) is 21.0. The topological polar surface area (TPSA) is 40.9 Å². The maximum absolute atomic E-state index is 6.69.